The van der Waals surface area contributed by atoms with Crippen LogP contribution < -0.4 is 16.4 Å². The predicted molar refractivity (Wildman–Crippen MR) is 67.4 cm³/mol. The van der Waals surface area contributed by atoms with Crippen LogP contribution in [0.5, 0.6) is 0 Å². The van der Waals surface area contributed by atoms with E-state index in [2.05, 4.69) is 20.6 Å². The molecular formula is C11H19N5O. The fraction of sp³-hybridized carbons (Fsp3) is 0.545. The van der Waals surface area contributed by atoms with Crippen molar-refractivity contribution in [3.8, 4) is 0 Å². The highest BCUT2D eigenvalue weighted by molar-refractivity contribution is 5.77. The predicted octanol–water partition coefficient (Wildman–Crippen LogP) is 0.775. The van der Waals surface area contributed by atoms with Crippen LogP contribution in [-0.4, -0.2) is 28.0 Å². The van der Waals surface area contributed by atoms with Crippen molar-refractivity contribution in [1.29, 1.82) is 0 Å². The molecule has 0 saturated heterocycles. The Balaban J connectivity index is 2.31. The second-order valence-electron chi connectivity index (χ2n) is 4.80. The number of nitrogens with one attached hydrogen (secondary N) is 2. The van der Waals surface area contributed by atoms with Crippen LogP contribution in [0.4, 0.5) is 11.6 Å². The Bertz CT molecular complexity index is 386. The number of nitrogens with zero attached hydrogens (tertiary/aromatic N) is 2. The molecule has 1 aromatic rings. The van der Waals surface area contributed by atoms with Gasteiger partial charge in [-0.3, -0.25) is 9.78 Å². The van der Waals surface area contributed by atoms with Crippen molar-refractivity contribution in [1.82, 2.24) is 15.3 Å². The van der Waals surface area contributed by atoms with Gasteiger partial charge in [-0.2, -0.15) is 0 Å². The van der Waals surface area contributed by atoms with Crippen molar-refractivity contribution in [3.05, 3.63) is 12.4 Å². The van der Waals surface area contributed by atoms with Crippen molar-refractivity contribution in [2.75, 3.05) is 17.6 Å². The molecule has 1 aromatic heterocycles. The van der Waals surface area contributed by atoms with E-state index < -0.39 is 0 Å². The van der Waals surface area contributed by atoms with E-state index in [9.17, 15) is 4.79 Å². The molecule has 17 heavy (non-hydrogen) atoms. The number of rotatable bonds is 4. The Kier molecular flexibility index (Phi) is 4.25. The summed E-state index contributed by atoms with van der Waals surface area (Å²) < 4.78 is 0. The zero-order chi connectivity index (χ0) is 12.9. The molecule has 0 aliphatic rings. The second kappa shape index (κ2) is 5.47. The number of amides is 1. The van der Waals surface area contributed by atoms with E-state index in [1.54, 1.807) is 6.20 Å². The molecule has 1 rings (SSSR count). The highest BCUT2D eigenvalue weighted by atomic mass is 16.1. The molecule has 1 heterocycles. The van der Waals surface area contributed by atoms with E-state index in [4.69, 9.17) is 5.73 Å². The van der Waals surface area contributed by atoms with Crippen molar-refractivity contribution in [2.24, 2.45) is 0 Å². The summed E-state index contributed by atoms with van der Waals surface area (Å²) in [4.78, 5) is 19.4. The van der Waals surface area contributed by atoms with Gasteiger partial charge in [0.25, 0.3) is 0 Å². The largest absolute Gasteiger partial charge is 0.382 e. The molecule has 94 valence electrons. The fourth-order valence-corrected chi connectivity index (χ4v) is 1.25. The minimum Gasteiger partial charge on any atom is -0.382 e. The van der Waals surface area contributed by atoms with Crippen LogP contribution in [0.2, 0.25) is 0 Å². The zero-order valence-electron chi connectivity index (χ0n) is 10.4. The summed E-state index contributed by atoms with van der Waals surface area (Å²) in [6.45, 7) is 6.34. The third-order valence-electron chi connectivity index (χ3n) is 1.83. The third-order valence-corrected chi connectivity index (χ3v) is 1.83. The fourth-order valence-electron chi connectivity index (χ4n) is 1.25. The van der Waals surface area contributed by atoms with E-state index >= 15 is 0 Å². The van der Waals surface area contributed by atoms with Gasteiger partial charge in [0.05, 0.1) is 12.4 Å². The van der Waals surface area contributed by atoms with E-state index in [-0.39, 0.29) is 11.4 Å². The Hall–Kier alpha value is -1.85. The minimum atomic E-state index is -0.200. The van der Waals surface area contributed by atoms with Gasteiger partial charge in [0, 0.05) is 18.5 Å². The molecule has 6 nitrogen and oxygen atoms in total. The average Bonchev–Trinajstić information content (AvgIpc) is 2.14. The van der Waals surface area contributed by atoms with Crippen molar-refractivity contribution in [3.63, 3.8) is 0 Å². The van der Waals surface area contributed by atoms with Crippen LogP contribution in [0.25, 0.3) is 0 Å². The first-order chi connectivity index (χ1) is 7.87. The standard InChI is InChI=1S/C11H19N5O/c1-11(2,3)16-10(17)4-5-14-9-7-13-6-8(12)15-9/h6-7H,4-5H2,1-3H3,(H,16,17)(H3,12,14,15). The maximum absolute atomic E-state index is 11.5. The molecule has 0 atom stereocenters. The third kappa shape index (κ3) is 5.70. The summed E-state index contributed by atoms with van der Waals surface area (Å²) in [5.74, 6) is 0.935. The van der Waals surface area contributed by atoms with Gasteiger partial charge in [0.2, 0.25) is 5.91 Å². The van der Waals surface area contributed by atoms with Gasteiger partial charge in [-0.15, -0.1) is 0 Å². The number of carbonyl (C=O) groups is 1. The lowest BCUT2D eigenvalue weighted by Gasteiger charge is -2.20. The second-order valence-corrected chi connectivity index (χ2v) is 4.80. The Morgan fingerprint density at radius 3 is 2.71 bits per heavy atom. The number of hydrogen-bond donors (Lipinski definition) is 3. The van der Waals surface area contributed by atoms with Crippen LogP contribution >= 0.6 is 0 Å². The van der Waals surface area contributed by atoms with Crippen LogP contribution in [0.3, 0.4) is 0 Å². The molecule has 0 aromatic carbocycles. The van der Waals surface area contributed by atoms with Gasteiger partial charge >= 0.3 is 0 Å². The first-order valence-corrected chi connectivity index (χ1v) is 5.49. The van der Waals surface area contributed by atoms with Crippen LogP contribution in [0, 0.1) is 0 Å². The van der Waals surface area contributed by atoms with Crippen molar-refractivity contribution in [2.45, 2.75) is 32.7 Å². The maximum atomic E-state index is 11.5. The highest BCUT2D eigenvalue weighted by Crippen LogP contribution is 2.03. The van der Waals surface area contributed by atoms with Gasteiger partial charge in [0.1, 0.15) is 11.6 Å². The van der Waals surface area contributed by atoms with Gasteiger partial charge in [0.15, 0.2) is 0 Å². The van der Waals surface area contributed by atoms with Crippen LogP contribution in [0.15, 0.2) is 12.4 Å². The molecule has 0 saturated carbocycles. The zero-order valence-corrected chi connectivity index (χ0v) is 10.4. The molecule has 1 amide bonds. The summed E-state index contributed by atoms with van der Waals surface area (Å²) in [6.07, 6.45) is 3.42. The monoisotopic (exact) mass is 237 g/mol. The molecule has 0 unspecified atom stereocenters. The lowest BCUT2D eigenvalue weighted by Crippen LogP contribution is -2.41. The van der Waals surface area contributed by atoms with Gasteiger partial charge < -0.3 is 16.4 Å². The average molecular weight is 237 g/mol. The van der Waals surface area contributed by atoms with Crippen molar-refractivity contribution < 1.29 is 4.79 Å². The number of nitrogen functional groups attached to an aromatic ring is 1. The summed E-state index contributed by atoms with van der Waals surface area (Å²) in [5, 5.41) is 5.86. The van der Waals surface area contributed by atoms with Gasteiger partial charge in [-0.05, 0) is 20.8 Å². The number of hydrogen-bond acceptors (Lipinski definition) is 5. The Morgan fingerprint density at radius 1 is 1.41 bits per heavy atom. The molecular weight excluding hydrogens is 218 g/mol. The number of anilines is 2. The molecule has 0 aliphatic carbocycles. The number of aromatic nitrogens is 2. The summed E-state index contributed by atoms with van der Waals surface area (Å²) in [6, 6.07) is 0. The lowest BCUT2D eigenvalue weighted by molar-refractivity contribution is -0.122. The molecule has 0 bridgehead atoms. The van der Waals surface area contributed by atoms with Gasteiger partial charge in [-0.25, -0.2) is 4.98 Å². The smallest absolute Gasteiger partial charge is 0.222 e. The molecule has 0 spiro atoms. The minimum absolute atomic E-state index is 0.00172. The molecule has 6 heteroatoms. The van der Waals surface area contributed by atoms with Crippen molar-refractivity contribution >= 4 is 17.5 Å². The first kappa shape index (κ1) is 13.2. The molecule has 0 fully saturated rings. The lowest BCUT2D eigenvalue weighted by atomic mass is 10.1. The highest BCUT2D eigenvalue weighted by Gasteiger charge is 2.12. The molecule has 0 radical (unpaired) electrons. The summed E-state index contributed by atoms with van der Waals surface area (Å²) >= 11 is 0. The number of nitrogens with two attached hydrogens (primary N) is 1. The van der Waals surface area contributed by atoms with E-state index in [1.165, 1.54) is 6.20 Å². The first-order valence-electron chi connectivity index (χ1n) is 5.49. The number of carbonyl (C=O) groups excluding carboxylic acids is 1. The Labute approximate surface area is 101 Å². The SMILES string of the molecule is CC(C)(C)NC(=O)CCNc1cncc(N)n1. The van der Waals surface area contributed by atoms with Gasteiger partial charge in [-0.1, -0.05) is 0 Å². The Morgan fingerprint density at radius 2 is 2.12 bits per heavy atom. The maximum Gasteiger partial charge on any atom is 0.222 e. The summed E-state index contributed by atoms with van der Waals surface area (Å²) in [5.41, 5.74) is 5.28. The normalized spacial score (nSPS) is 11.0. The molecule has 0 aliphatic heterocycles. The summed E-state index contributed by atoms with van der Waals surface area (Å²) in [7, 11) is 0. The van der Waals surface area contributed by atoms with Crippen LogP contribution in [-0.2, 0) is 4.79 Å². The van der Waals surface area contributed by atoms with E-state index in [0.717, 1.165) is 0 Å². The van der Waals surface area contributed by atoms with E-state index in [0.29, 0.717) is 24.6 Å². The van der Waals surface area contributed by atoms with E-state index in [1.807, 2.05) is 20.8 Å². The topological polar surface area (TPSA) is 92.9 Å². The quantitative estimate of drug-likeness (QED) is 0.719. The molecule has 4 N–H and O–H groups in total. The van der Waals surface area contributed by atoms with Crippen LogP contribution in [0.1, 0.15) is 27.2 Å².